The highest BCUT2D eigenvalue weighted by molar-refractivity contribution is 8.01. The number of aromatic nitrogens is 2. The van der Waals surface area contributed by atoms with Crippen LogP contribution in [0.5, 0.6) is 0 Å². The molecule has 28 heavy (non-hydrogen) atoms. The second-order valence-corrected chi connectivity index (χ2v) is 10.0. The smallest absolute Gasteiger partial charge is 0.316 e. The van der Waals surface area contributed by atoms with Gasteiger partial charge in [0.15, 0.2) is 10.9 Å². The number of nitrogens with one attached hydrogen (secondary N) is 2. The van der Waals surface area contributed by atoms with E-state index >= 15 is 0 Å². The fourth-order valence-electron chi connectivity index (χ4n) is 3.73. The third-order valence-corrected chi connectivity index (χ3v) is 7.36. The Morgan fingerprint density at radius 1 is 1.07 bits per heavy atom. The molecule has 2 aliphatic rings. The van der Waals surface area contributed by atoms with Gasteiger partial charge in [-0.1, -0.05) is 49.3 Å². The molecule has 0 atom stereocenters. The lowest BCUT2D eigenvalue weighted by molar-refractivity contribution is -0.146. The van der Waals surface area contributed by atoms with Gasteiger partial charge < -0.3 is 15.4 Å². The van der Waals surface area contributed by atoms with E-state index < -0.39 is 5.97 Å². The molecule has 1 amide bonds. The van der Waals surface area contributed by atoms with Gasteiger partial charge in [0, 0.05) is 12.1 Å². The predicted molar refractivity (Wildman–Crippen MR) is 112 cm³/mol. The number of rotatable bonds is 8. The molecule has 0 unspecified atom stereocenters. The first kappa shape index (κ1) is 21.4. The Morgan fingerprint density at radius 2 is 1.82 bits per heavy atom. The topological polar surface area (TPSA) is 93.2 Å². The Kier molecular flexibility index (Phi) is 8.39. The minimum absolute atomic E-state index is 0.131. The van der Waals surface area contributed by atoms with E-state index in [4.69, 9.17) is 4.74 Å². The van der Waals surface area contributed by atoms with Crippen LogP contribution in [0.3, 0.4) is 0 Å². The summed E-state index contributed by atoms with van der Waals surface area (Å²) in [5.74, 6) is 0.246. The minimum Gasteiger partial charge on any atom is -0.455 e. The highest BCUT2D eigenvalue weighted by Gasteiger charge is 2.20. The van der Waals surface area contributed by atoms with E-state index in [9.17, 15) is 9.59 Å². The number of thioether (sulfide) groups is 1. The zero-order valence-corrected chi connectivity index (χ0v) is 18.1. The lowest BCUT2D eigenvalue weighted by Gasteiger charge is -2.26. The first-order valence-corrected chi connectivity index (χ1v) is 12.1. The molecular formula is C19H30N4O3S2. The standard InChI is InChI=1S/C19H30N4O3S2/c1-13-7-9-15(10-8-13)20-16(24)11-26-17(25)12-27-19-23-22-18(28-19)21-14-5-3-2-4-6-14/h13-15H,2-12H2,1H3,(H,20,24)(H,21,22). The van der Waals surface area contributed by atoms with Gasteiger partial charge in [0.05, 0.1) is 5.75 Å². The van der Waals surface area contributed by atoms with Crippen LogP contribution in [-0.2, 0) is 14.3 Å². The van der Waals surface area contributed by atoms with Crippen LogP contribution in [-0.4, -0.2) is 46.5 Å². The fraction of sp³-hybridized carbons (Fsp3) is 0.789. The Balaban J connectivity index is 1.30. The number of carbonyl (C=O) groups excluding carboxylic acids is 2. The molecule has 1 heterocycles. The van der Waals surface area contributed by atoms with E-state index in [2.05, 4.69) is 27.8 Å². The van der Waals surface area contributed by atoms with E-state index in [1.165, 1.54) is 55.2 Å². The maximum Gasteiger partial charge on any atom is 0.316 e. The Labute approximate surface area is 174 Å². The van der Waals surface area contributed by atoms with E-state index in [0.29, 0.717) is 6.04 Å². The number of hydrogen-bond acceptors (Lipinski definition) is 8. The summed E-state index contributed by atoms with van der Waals surface area (Å²) in [6.45, 7) is 2.03. The molecule has 1 aromatic heterocycles. The summed E-state index contributed by atoms with van der Waals surface area (Å²) in [5.41, 5.74) is 0. The van der Waals surface area contributed by atoms with Gasteiger partial charge in [-0.2, -0.15) is 0 Å². The van der Waals surface area contributed by atoms with Crippen molar-refractivity contribution in [1.29, 1.82) is 0 Å². The third-order valence-electron chi connectivity index (χ3n) is 5.40. The van der Waals surface area contributed by atoms with Crippen molar-refractivity contribution in [3.05, 3.63) is 0 Å². The Hall–Kier alpha value is -1.35. The van der Waals surface area contributed by atoms with Crippen LogP contribution < -0.4 is 10.6 Å². The molecule has 0 bridgehead atoms. The number of esters is 1. The number of hydrogen-bond donors (Lipinski definition) is 2. The van der Waals surface area contributed by atoms with Crippen molar-refractivity contribution in [1.82, 2.24) is 15.5 Å². The average molecular weight is 427 g/mol. The molecule has 156 valence electrons. The van der Waals surface area contributed by atoms with Crippen LogP contribution in [0.2, 0.25) is 0 Å². The van der Waals surface area contributed by atoms with Gasteiger partial charge in [0.25, 0.3) is 5.91 Å². The average Bonchev–Trinajstić information content (AvgIpc) is 3.15. The summed E-state index contributed by atoms with van der Waals surface area (Å²) in [4.78, 5) is 23.8. The number of amides is 1. The van der Waals surface area contributed by atoms with Crippen LogP contribution >= 0.6 is 23.1 Å². The molecule has 2 aliphatic carbocycles. The van der Waals surface area contributed by atoms with Gasteiger partial charge in [-0.25, -0.2) is 0 Å². The molecule has 3 rings (SSSR count). The third kappa shape index (κ3) is 7.24. The van der Waals surface area contributed by atoms with Crippen LogP contribution in [0, 0.1) is 5.92 Å². The van der Waals surface area contributed by atoms with Crippen molar-refractivity contribution in [2.45, 2.75) is 81.1 Å². The van der Waals surface area contributed by atoms with Crippen molar-refractivity contribution < 1.29 is 14.3 Å². The molecule has 0 saturated heterocycles. The summed E-state index contributed by atoms with van der Waals surface area (Å²) in [5, 5.41) is 15.5. The summed E-state index contributed by atoms with van der Waals surface area (Å²) in [7, 11) is 0. The maximum atomic E-state index is 11.9. The monoisotopic (exact) mass is 426 g/mol. The SMILES string of the molecule is CC1CCC(NC(=O)COC(=O)CSc2nnc(NC3CCCCC3)s2)CC1. The predicted octanol–water partition coefficient (Wildman–Crippen LogP) is 3.61. The molecule has 2 N–H and O–H groups in total. The first-order valence-electron chi connectivity index (χ1n) is 10.3. The van der Waals surface area contributed by atoms with Crippen molar-refractivity contribution in [2.24, 2.45) is 5.92 Å². The highest BCUT2D eigenvalue weighted by Crippen LogP contribution is 2.28. The molecule has 1 aromatic rings. The highest BCUT2D eigenvalue weighted by atomic mass is 32.2. The van der Waals surface area contributed by atoms with Crippen LogP contribution in [0.1, 0.15) is 64.7 Å². The van der Waals surface area contributed by atoms with Gasteiger partial charge in [-0.15, -0.1) is 10.2 Å². The van der Waals surface area contributed by atoms with E-state index in [1.54, 1.807) is 0 Å². The molecule has 0 radical (unpaired) electrons. The molecule has 2 saturated carbocycles. The number of ether oxygens (including phenoxy) is 1. The van der Waals surface area contributed by atoms with Crippen molar-refractivity contribution in [3.63, 3.8) is 0 Å². The Bertz CT molecular complexity index is 641. The van der Waals surface area contributed by atoms with Crippen LogP contribution in [0.25, 0.3) is 0 Å². The lowest BCUT2D eigenvalue weighted by Crippen LogP contribution is -2.39. The van der Waals surface area contributed by atoms with Crippen molar-refractivity contribution in [2.75, 3.05) is 17.7 Å². The van der Waals surface area contributed by atoms with Crippen LogP contribution in [0.4, 0.5) is 5.13 Å². The van der Waals surface area contributed by atoms with E-state index in [1.807, 2.05) is 0 Å². The summed E-state index contributed by atoms with van der Waals surface area (Å²) >= 11 is 2.76. The number of carbonyl (C=O) groups is 2. The summed E-state index contributed by atoms with van der Waals surface area (Å²) < 4.78 is 5.82. The second kappa shape index (κ2) is 11.0. The minimum atomic E-state index is -0.408. The second-order valence-electron chi connectivity index (χ2n) is 7.83. The van der Waals surface area contributed by atoms with Gasteiger partial charge in [-0.3, -0.25) is 9.59 Å². The zero-order valence-electron chi connectivity index (χ0n) is 16.4. The molecule has 0 aromatic carbocycles. The van der Waals surface area contributed by atoms with Gasteiger partial charge in [0.1, 0.15) is 0 Å². The molecule has 0 spiro atoms. The number of nitrogens with zero attached hydrogens (tertiary/aromatic N) is 2. The molecule has 0 aliphatic heterocycles. The fourth-order valence-corrected chi connectivity index (χ4v) is 5.36. The molecular weight excluding hydrogens is 396 g/mol. The zero-order chi connectivity index (χ0) is 19.8. The van der Waals surface area contributed by atoms with Crippen molar-refractivity contribution >= 4 is 40.1 Å². The van der Waals surface area contributed by atoms with Gasteiger partial charge in [-0.05, 0) is 44.4 Å². The summed E-state index contributed by atoms with van der Waals surface area (Å²) in [6.07, 6.45) is 10.5. The van der Waals surface area contributed by atoms with E-state index in [-0.39, 0.29) is 24.3 Å². The summed E-state index contributed by atoms with van der Waals surface area (Å²) in [6, 6.07) is 0.698. The van der Waals surface area contributed by atoms with Gasteiger partial charge in [0.2, 0.25) is 5.13 Å². The van der Waals surface area contributed by atoms with Crippen molar-refractivity contribution in [3.8, 4) is 0 Å². The lowest BCUT2D eigenvalue weighted by atomic mass is 9.87. The molecule has 9 heteroatoms. The normalized spacial score (nSPS) is 23.2. The quantitative estimate of drug-likeness (QED) is 0.484. The molecule has 2 fully saturated rings. The van der Waals surface area contributed by atoms with E-state index in [0.717, 1.165) is 41.1 Å². The molecule has 7 nitrogen and oxygen atoms in total. The largest absolute Gasteiger partial charge is 0.455 e. The number of anilines is 1. The maximum absolute atomic E-state index is 11.9. The van der Waals surface area contributed by atoms with Crippen LogP contribution in [0.15, 0.2) is 4.34 Å². The Morgan fingerprint density at radius 3 is 2.57 bits per heavy atom. The first-order chi connectivity index (χ1) is 13.6. The van der Waals surface area contributed by atoms with Gasteiger partial charge >= 0.3 is 5.97 Å².